The Hall–Kier alpha value is -0.240. The maximum atomic E-state index is 7.68. The highest BCUT2D eigenvalue weighted by atomic mass is 17.8. The van der Waals surface area contributed by atoms with Crippen LogP contribution in [0.4, 0.5) is 0 Å². The third kappa shape index (κ3) is 1.26. The van der Waals surface area contributed by atoms with Crippen LogP contribution in [0.3, 0.4) is 0 Å². The highest BCUT2D eigenvalue weighted by Gasteiger charge is 2.53. The Morgan fingerprint density at radius 3 is 1.33 bits per heavy atom. The van der Waals surface area contributed by atoms with Crippen LogP contribution < -0.4 is 0 Å². The zero-order valence-corrected chi connectivity index (χ0v) is 2.66. The fraction of sp³-hybridized carbons (Fsp3) is 0. The van der Waals surface area contributed by atoms with Gasteiger partial charge in [0.2, 0.25) is 0 Å². The van der Waals surface area contributed by atoms with E-state index in [4.69, 9.17) is 10.4 Å². The van der Waals surface area contributed by atoms with Crippen molar-refractivity contribution in [3.63, 3.8) is 0 Å². The van der Waals surface area contributed by atoms with Crippen LogP contribution in [0.25, 0.3) is 0 Å². The maximum Gasteiger partial charge on any atom is 0.316 e. The van der Waals surface area contributed by atoms with Crippen molar-refractivity contribution in [2.45, 2.75) is 0 Å². The molecule has 1 saturated heterocycles. The molecule has 4 N–H and O–H groups in total. The standard InChI is InChI=1S/H2NO4.H2O/c2-1(3)4-5-1;/h2-3H;1H2/q+1;. The van der Waals surface area contributed by atoms with Crippen molar-refractivity contribution in [2.75, 3.05) is 0 Å². The molecule has 0 aromatic carbocycles. The van der Waals surface area contributed by atoms with Crippen molar-refractivity contribution in [1.29, 1.82) is 0 Å². The predicted octanol–water partition coefficient (Wildman–Crippen LogP) is -1.45. The van der Waals surface area contributed by atoms with E-state index in [-0.39, 0.29) is 5.48 Å². The van der Waals surface area contributed by atoms with E-state index in [1.807, 2.05) is 0 Å². The second-order valence-corrected chi connectivity index (χ2v) is 0.640. The van der Waals surface area contributed by atoms with Crippen LogP contribution in [0.2, 0.25) is 0 Å². The van der Waals surface area contributed by atoms with Gasteiger partial charge in [0.1, 0.15) is 9.98 Å². The van der Waals surface area contributed by atoms with Gasteiger partial charge in [0.05, 0.1) is 0 Å². The molecular weight excluding hydrogens is 94.0 g/mol. The number of hydrogen-bond donors (Lipinski definition) is 2. The summed E-state index contributed by atoms with van der Waals surface area (Å²) in [5.41, 5.74) is 0. The zero-order valence-electron chi connectivity index (χ0n) is 2.66. The Balaban J connectivity index is 0.000000250. The molecular formula is H4NO5+. The molecule has 0 bridgehead atoms. The van der Waals surface area contributed by atoms with Gasteiger partial charge in [0, 0.05) is 0 Å². The highest BCUT2D eigenvalue weighted by Crippen LogP contribution is 2.14. The fourth-order valence-electron chi connectivity index (χ4n) is 0.0298. The van der Waals surface area contributed by atoms with Gasteiger partial charge in [0.15, 0.2) is 0 Å². The summed E-state index contributed by atoms with van der Waals surface area (Å²) in [7, 11) is 0. The molecule has 1 heterocycles. The van der Waals surface area contributed by atoms with Gasteiger partial charge >= 0.3 is 5.14 Å². The van der Waals surface area contributed by atoms with Crippen molar-refractivity contribution < 1.29 is 31.0 Å². The molecule has 6 heavy (non-hydrogen) atoms. The van der Waals surface area contributed by atoms with Gasteiger partial charge in [-0.25, -0.2) is 0 Å². The van der Waals surface area contributed by atoms with Crippen LogP contribution in [0, 0.1) is 0 Å². The third-order valence-electron chi connectivity index (χ3n) is 0.208. The summed E-state index contributed by atoms with van der Waals surface area (Å²) in [5.74, 6) is 0. The quantitative estimate of drug-likeness (QED) is 0.220. The summed E-state index contributed by atoms with van der Waals surface area (Å²) in [6.07, 6.45) is 0. The molecule has 1 aliphatic rings. The number of hydrogen-bond acceptors (Lipinski definition) is 4. The van der Waals surface area contributed by atoms with E-state index < -0.39 is 5.14 Å². The van der Waals surface area contributed by atoms with Crippen molar-refractivity contribution in [1.82, 2.24) is 0 Å². The zero-order chi connectivity index (χ0) is 3.91. The summed E-state index contributed by atoms with van der Waals surface area (Å²) >= 11 is 0. The van der Waals surface area contributed by atoms with Gasteiger partial charge in [-0.05, 0) is 0 Å². The lowest BCUT2D eigenvalue weighted by Gasteiger charge is -1.67. The van der Waals surface area contributed by atoms with Gasteiger partial charge < -0.3 is 5.48 Å². The lowest BCUT2D eigenvalue weighted by molar-refractivity contribution is -1.28. The van der Waals surface area contributed by atoms with E-state index in [0.717, 1.165) is 0 Å². The van der Waals surface area contributed by atoms with Crippen molar-refractivity contribution in [2.24, 2.45) is 0 Å². The van der Waals surface area contributed by atoms with E-state index in [1.54, 1.807) is 0 Å². The summed E-state index contributed by atoms with van der Waals surface area (Å²) in [4.78, 5) is 6.89. The molecule has 0 aromatic heterocycles. The van der Waals surface area contributed by atoms with E-state index in [0.29, 0.717) is 0 Å². The average Bonchev–Trinajstić information content (AvgIpc) is 1.76. The molecule has 0 spiro atoms. The number of rotatable bonds is 0. The summed E-state index contributed by atoms with van der Waals surface area (Å²) in [6, 6.07) is 0. The van der Waals surface area contributed by atoms with E-state index in [2.05, 4.69) is 9.98 Å². The number of quaternary nitrogens is 1. The van der Waals surface area contributed by atoms with E-state index >= 15 is 0 Å². The molecule has 6 heteroatoms. The minimum Gasteiger partial charge on any atom is -0.412 e. The molecule has 0 amide bonds. The molecule has 38 valence electrons. The molecule has 1 aliphatic heterocycles. The minimum atomic E-state index is -1.75. The van der Waals surface area contributed by atoms with Crippen LogP contribution in [-0.4, -0.2) is 21.0 Å². The maximum absolute atomic E-state index is 7.68. The summed E-state index contributed by atoms with van der Waals surface area (Å²) in [6.45, 7) is 0. The molecule has 0 radical (unpaired) electrons. The highest BCUT2D eigenvalue weighted by molar-refractivity contribution is 3.10. The third-order valence-corrected chi connectivity index (χ3v) is 0.208. The largest absolute Gasteiger partial charge is 0.412 e. The van der Waals surface area contributed by atoms with E-state index in [9.17, 15) is 0 Å². The van der Waals surface area contributed by atoms with Gasteiger partial charge in [-0.15, -0.1) is 10.4 Å². The van der Waals surface area contributed by atoms with Gasteiger partial charge in [0.25, 0.3) is 0 Å². The first-order chi connectivity index (χ1) is 2.21. The van der Waals surface area contributed by atoms with Crippen LogP contribution >= 0.6 is 0 Å². The fourth-order valence-corrected chi connectivity index (χ4v) is 0.0298. The van der Waals surface area contributed by atoms with Gasteiger partial charge in [-0.1, -0.05) is 0 Å². The Labute approximate surface area is 32.4 Å². The van der Waals surface area contributed by atoms with Crippen LogP contribution in [0.15, 0.2) is 0 Å². The lowest BCUT2D eigenvalue weighted by Crippen LogP contribution is -2.10. The van der Waals surface area contributed by atoms with E-state index in [1.165, 1.54) is 0 Å². The lowest BCUT2D eigenvalue weighted by atomic mass is 12.9. The van der Waals surface area contributed by atoms with Crippen LogP contribution in [0.1, 0.15) is 0 Å². The van der Waals surface area contributed by atoms with Crippen molar-refractivity contribution in [3.8, 4) is 0 Å². The first-order valence-electron chi connectivity index (χ1n) is 0.932. The predicted molar refractivity (Wildman–Crippen MR) is 9.62 cm³/mol. The summed E-state index contributed by atoms with van der Waals surface area (Å²) < 4.78 is 0. The second-order valence-electron chi connectivity index (χ2n) is 0.640. The Bertz CT molecular complexity index is 41.9. The van der Waals surface area contributed by atoms with Crippen LogP contribution in [0.5, 0.6) is 0 Å². The summed E-state index contributed by atoms with van der Waals surface area (Å²) in [5, 5.41) is 13.6. The van der Waals surface area contributed by atoms with Gasteiger partial charge in [-0.2, -0.15) is 0 Å². The second kappa shape index (κ2) is 1.12. The SMILES string of the molecule is O.O[N+]1(O)OO1. The monoisotopic (exact) mass is 98.0 g/mol. The topological polar surface area (TPSA) is 97.0 Å². The Morgan fingerprint density at radius 2 is 1.33 bits per heavy atom. The first kappa shape index (κ1) is 5.76. The first-order valence-corrected chi connectivity index (χ1v) is 0.932. The molecule has 0 unspecified atom stereocenters. The normalized spacial score (nSPS) is 25.0. The van der Waals surface area contributed by atoms with Crippen LogP contribution in [-0.2, 0) is 9.98 Å². The molecule has 0 aromatic rings. The molecule has 1 fully saturated rings. The van der Waals surface area contributed by atoms with Crippen molar-refractivity contribution >= 4 is 0 Å². The average molecular weight is 98.0 g/mol. The molecule has 1 rings (SSSR count). The van der Waals surface area contributed by atoms with Crippen molar-refractivity contribution in [3.05, 3.63) is 0 Å². The minimum absolute atomic E-state index is 0. The molecule has 0 atom stereocenters. The molecule has 6 nitrogen and oxygen atoms in total. The Kier molecular flexibility index (Phi) is 1.07. The smallest absolute Gasteiger partial charge is 0.316 e. The molecule has 0 saturated carbocycles. The number of nitrogens with zero attached hydrogens (tertiary/aromatic N) is 1. The molecule has 0 aliphatic carbocycles. The Morgan fingerprint density at radius 1 is 1.17 bits per heavy atom. The van der Waals surface area contributed by atoms with Gasteiger partial charge in [-0.3, -0.25) is 0 Å².